The molecule has 1 atom stereocenters. The summed E-state index contributed by atoms with van der Waals surface area (Å²) in [6, 6.07) is 1.76. The van der Waals surface area contributed by atoms with Crippen molar-refractivity contribution in [2.45, 2.75) is 12.5 Å². The van der Waals surface area contributed by atoms with Crippen molar-refractivity contribution in [3.8, 4) is 11.4 Å². The summed E-state index contributed by atoms with van der Waals surface area (Å²) < 4.78 is 28.0. The van der Waals surface area contributed by atoms with Gasteiger partial charge in [-0.1, -0.05) is 11.9 Å². The van der Waals surface area contributed by atoms with E-state index >= 15 is 0 Å². The zero-order valence-corrected chi connectivity index (χ0v) is 17.3. The Morgan fingerprint density at radius 1 is 1.47 bits per heavy atom. The number of piperazine rings is 1. The average molecular weight is 436 g/mol. The van der Waals surface area contributed by atoms with Gasteiger partial charge in [-0.3, -0.25) is 14.9 Å². The smallest absolute Gasteiger partial charge is 0.279 e. The Bertz CT molecular complexity index is 934. The molecule has 3 N–H and O–H groups in total. The maximum absolute atomic E-state index is 12.4. The fraction of sp³-hybridized carbons (Fsp3) is 0.389. The first-order valence-corrected chi connectivity index (χ1v) is 10.3. The van der Waals surface area contributed by atoms with Crippen molar-refractivity contribution in [3.63, 3.8) is 0 Å². The first-order chi connectivity index (χ1) is 14.4. The molecule has 160 valence electrons. The van der Waals surface area contributed by atoms with Gasteiger partial charge < -0.3 is 14.8 Å². The summed E-state index contributed by atoms with van der Waals surface area (Å²) in [5.74, 6) is 0.945. The molecule has 0 spiro atoms. The van der Waals surface area contributed by atoms with Crippen LogP contribution in [0.4, 0.5) is 14.6 Å². The van der Waals surface area contributed by atoms with Crippen LogP contribution in [-0.2, 0) is 4.79 Å². The monoisotopic (exact) mass is 436 g/mol. The fourth-order valence-corrected chi connectivity index (χ4v) is 3.29. The first kappa shape index (κ1) is 21.8. The van der Waals surface area contributed by atoms with Crippen LogP contribution in [0.3, 0.4) is 0 Å². The van der Waals surface area contributed by atoms with Crippen molar-refractivity contribution in [1.82, 2.24) is 29.6 Å². The first-order valence-electron chi connectivity index (χ1n) is 9.07. The van der Waals surface area contributed by atoms with Gasteiger partial charge in [0.25, 0.3) is 6.43 Å². The molecule has 2 aromatic rings. The summed E-state index contributed by atoms with van der Waals surface area (Å²) in [5.41, 5.74) is 0.340. The minimum Gasteiger partial charge on any atom is -0.345 e. The lowest BCUT2D eigenvalue weighted by Gasteiger charge is -2.39. The van der Waals surface area contributed by atoms with E-state index in [4.69, 9.17) is 5.41 Å². The van der Waals surface area contributed by atoms with Crippen LogP contribution in [-0.4, -0.2) is 81.9 Å². The molecule has 1 saturated heterocycles. The van der Waals surface area contributed by atoms with Crippen molar-refractivity contribution in [2.24, 2.45) is 0 Å². The van der Waals surface area contributed by atoms with Gasteiger partial charge in [-0.15, -0.1) is 0 Å². The molecule has 0 bridgehead atoms. The van der Waals surface area contributed by atoms with Crippen molar-refractivity contribution in [2.75, 3.05) is 37.8 Å². The third-order valence-electron chi connectivity index (χ3n) is 4.67. The van der Waals surface area contributed by atoms with E-state index in [0.717, 1.165) is 6.08 Å². The van der Waals surface area contributed by atoms with Gasteiger partial charge in [-0.05, 0) is 18.4 Å². The predicted octanol–water partition coefficient (Wildman–Crippen LogP) is 1.68. The van der Waals surface area contributed by atoms with Gasteiger partial charge in [-0.2, -0.15) is 0 Å². The third kappa shape index (κ3) is 5.19. The molecule has 0 aromatic carbocycles. The number of allylic oxidation sites excluding steroid dienone is 1. The second-order valence-electron chi connectivity index (χ2n) is 6.62. The summed E-state index contributed by atoms with van der Waals surface area (Å²) in [4.78, 5) is 31.7. The Morgan fingerprint density at radius 3 is 3.00 bits per heavy atom. The lowest BCUT2D eigenvalue weighted by molar-refractivity contribution is -0.131. The molecule has 9 nitrogen and oxygen atoms in total. The Hall–Kier alpha value is -2.86. The lowest BCUT2D eigenvalue weighted by Crippen LogP contribution is -2.57. The second kappa shape index (κ2) is 9.76. The van der Waals surface area contributed by atoms with E-state index in [1.165, 1.54) is 30.5 Å². The lowest BCUT2D eigenvalue weighted by atomic mass is 10.1. The van der Waals surface area contributed by atoms with E-state index < -0.39 is 12.1 Å². The standard InChI is InChI=1S/C18H22F2N8OS/c1-27-11(6-25-30-2)8-28(9-17(27)29)16-5-13(23-10-24-16)14-7-22-15(26-14)4-3-12(21)18(19)20/h3-5,7,10-11,18,21,25H,6,8-9H2,1-2H3,(H,22,26)/b4-3-,21-12?. The van der Waals surface area contributed by atoms with E-state index in [1.807, 2.05) is 11.2 Å². The number of hydrogen-bond acceptors (Lipinski definition) is 8. The molecule has 3 rings (SSSR count). The molecular formula is C18H22F2N8OS. The number of alkyl halides is 2. The number of carbonyl (C=O) groups excluding carboxylic acids is 1. The molecule has 30 heavy (non-hydrogen) atoms. The van der Waals surface area contributed by atoms with E-state index in [1.54, 1.807) is 18.0 Å². The molecule has 0 aliphatic carbocycles. The molecule has 0 saturated carbocycles. The number of hydrogen-bond donors (Lipinski definition) is 3. The Labute approximate surface area is 176 Å². The van der Waals surface area contributed by atoms with Crippen LogP contribution in [0.25, 0.3) is 17.5 Å². The highest BCUT2D eigenvalue weighted by Gasteiger charge is 2.30. The van der Waals surface area contributed by atoms with Crippen molar-refractivity contribution in [3.05, 3.63) is 30.5 Å². The molecule has 1 fully saturated rings. The van der Waals surface area contributed by atoms with E-state index in [0.29, 0.717) is 36.1 Å². The number of nitrogens with one attached hydrogen (secondary N) is 3. The number of nitrogens with zero attached hydrogens (tertiary/aromatic N) is 5. The Kier molecular flexibility index (Phi) is 7.11. The molecule has 1 aliphatic heterocycles. The van der Waals surface area contributed by atoms with Crippen LogP contribution in [0.2, 0.25) is 0 Å². The number of H-pyrrole nitrogens is 1. The normalized spacial score (nSPS) is 17.4. The molecule has 0 radical (unpaired) electrons. The Morgan fingerprint density at radius 2 is 2.27 bits per heavy atom. The molecule has 1 unspecified atom stereocenters. The van der Waals surface area contributed by atoms with Gasteiger partial charge in [0.1, 0.15) is 18.0 Å². The topological polar surface area (TPSA) is 114 Å². The van der Waals surface area contributed by atoms with Crippen LogP contribution in [0.1, 0.15) is 5.82 Å². The van der Waals surface area contributed by atoms with Gasteiger partial charge in [0.2, 0.25) is 5.91 Å². The average Bonchev–Trinajstić information content (AvgIpc) is 3.22. The third-order valence-corrected chi connectivity index (χ3v) is 5.12. The van der Waals surface area contributed by atoms with Crippen LogP contribution in [0.15, 0.2) is 24.7 Å². The van der Waals surface area contributed by atoms with Crippen molar-refractivity contribution >= 4 is 35.5 Å². The number of carbonyl (C=O) groups is 1. The van der Waals surface area contributed by atoms with E-state index in [9.17, 15) is 13.6 Å². The number of amides is 1. The summed E-state index contributed by atoms with van der Waals surface area (Å²) >= 11 is 1.50. The van der Waals surface area contributed by atoms with Crippen molar-refractivity contribution < 1.29 is 13.6 Å². The number of anilines is 1. The summed E-state index contributed by atoms with van der Waals surface area (Å²) in [6.07, 6.45) is 4.34. The summed E-state index contributed by atoms with van der Waals surface area (Å²) in [7, 11) is 1.80. The summed E-state index contributed by atoms with van der Waals surface area (Å²) in [5, 5.41) is 7.15. The molecule has 2 aromatic heterocycles. The van der Waals surface area contributed by atoms with Gasteiger partial charge in [0.15, 0.2) is 0 Å². The number of halogens is 2. The molecule has 1 aliphatic rings. The highest BCUT2D eigenvalue weighted by atomic mass is 32.2. The van der Waals surface area contributed by atoms with Gasteiger partial charge >= 0.3 is 0 Å². The second-order valence-corrected chi connectivity index (χ2v) is 7.32. The number of aromatic nitrogens is 4. The van der Waals surface area contributed by atoms with Crippen molar-refractivity contribution in [1.29, 1.82) is 5.41 Å². The van der Waals surface area contributed by atoms with Crippen LogP contribution in [0, 0.1) is 5.41 Å². The largest absolute Gasteiger partial charge is 0.345 e. The van der Waals surface area contributed by atoms with Crippen LogP contribution < -0.4 is 9.62 Å². The maximum atomic E-state index is 12.4. The minimum absolute atomic E-state index is 0.00440. The predicted molar refractivity (Wildman–Crippen MR) is 113 cm³/mol. The maximum Gasteiger partial charge on any atom is 0.279 e. The van der Waals surface area contributed by atoms with E-state index in [-0.39, 0.29) is 18.5 Å². The number of imidazole rings is 1. The van der Waals surface area contributed by atoms with Crippen LogP contribution in [0.5, 0.6) is 0 Å². The highest BCUT2D eigenvalue weighted by molar-refractivity contribution is 7.96. The Balaban J connectivity index is 1.76. The molecule has 1 amide bonds. The molecule has 12 heteroatoms. The number of rotatable bonds is 8. The zero-order chi connectivity index (χ0) is 21.7. The van der Waals surface area contributed by atoms with Gasteiger partial charge in [0, 0.05) is 26.2 Å². The zero-order valence-electron chi connectivity index (χ0n) is 16.5. The van der Waals surface area contributed by atoms with Gasteiger partial charge in [0.05, 0.1) is 35.9 Å². The number of aromatic amines is 1. The molecule has 3 heterocycles. The molecular weight excluding hydrogens is 414 g/mol. The SMILES string of the molecule is CSNCC1CN(c2cc(-c3cnc(/C=C\C(=N)C(F)F)[nH]3)ncn2)CC(=O)N1C. The number of likely N-dealkylation sites (N-methyl/N-ethyl adjacent to an activating group) is 1. The highest BCUT2D eigenvalue weighted by Crippen LogP contribution is 2.22. The van der Waals surface area contributed by atoms with Crippen LogP contribution >= 0.6 is 11.9 Å². The van der Waals surface area contributed by atoms with Gasteiger partial charge in [-0.25, -0.2) is 23.7 Å². The minimum atomic E-state index is -2.83. The fourth-order valence-electron chi connectivity index (χ4n) is 2.94. The van der Waals surface area contributed by atoms with E-state index in [2.05, 4.69) is 24.7 Å². The quantitative estimate of drug-likeness (QED) is 0.426. The summed E-state index contributed by atoms with van der Waals surface area (Å²) in [6.45, 7) is 1.50.